The molecule has 0 aliphatic heterocycles. The molecule has 0 saturated heterocycles. The zero-order chi connectivity index (χ0) is 16.9. The largest absolute Gasteiger partial charge is 0.461 e. The van der Waals surface area contributed by atoms with Crippen LogP contribution in [0.4, 0.5) is 0 Å². The topological polar surface area (TPSA) is 76.7 Å². The van der Waals surface area contributed by atoms with Crippen LogP contribution in [0.2, 0.25) is 0 Å². The Morgan fingerprint density at radius 1 is 1.29 bits per heavy atom. The van der Waals surface area contributed by atoms with Crippen molar-refractivity contribution in [3.8, 4) is 23.0 Å². The number of hydrogen-bond donors (Lipinski definition) is 1. The third-order valence-corrected chi connectivity index (χ3v) is 4.31. The zero-order valence-corrected chi connectivity index (χ0v) is 14.1. The molecule has 1 aliphatic carbocycles. The highest BCUT2D eigenvalue weighted by Crippen LogP contribution is 2.28. The van der Waals surface area contributed by atoms with E-state index >= 15 is 0 Å². The number of H-pyrrole nitrogens is 1. The molecule has 0 saturated carbocycles. The van der Waals surface area contributed by atoms with Gasteiger partial charge in [-0.25, -0.2) is 9.67 Å². The molecule has 0 amide bonds. The lowest BCUT2D eigenvalue weighted by atomic mass is 10.1. The van der Waals surface area contributed by atoms with Crippen LogP contribution in [0.3, 0.4) is 0 Å². The Kier molecular flexibility index (Phi) is 3.23. The second-order valence-corrected chi connectivity index (χ2v) is 7.19. The summed E-state index contributed by atoms with van der Waals surface area (Å²) in [5.74, 6) is 1.66. The van der Waals surface area contributed by atoms with Gasteiger partial charge in [0.1, 0.15) is 0 Å². The highest BCUT2D eigenvalue weighted by Gasteiger charge is 2.26. The molecule has 1 aliphatic rings. The molecule has 0 unspecified atom stereocenters. The number of pyridine rings is 1. The molecule has 24 heavy (non-hydrogen) atoms. The lowest BCUT2D eigenvalue weighted by molar-refractivity contribution is 0.359. The molecule has 124 valence electrons. The summed E-state index contributed by atoms with van der Waals surface area (Å²) in [5.41, 5.74) is 2.40. The van der Waals surface area contributed by atoms with Gasteiger partial charge in [0.15, 0.2) is 11.6 Å². The third kappa shape index (κ3) is 2.38. The number of furan rings is 1. The first-order valence-electron chi connectivity index (χ1n) is 8.20. The van der Waals surface area contributed by atoms with Crippen LogP contribution in [0, 0.1) is 0 Å². The Labute approximate surface area is 139 Å². The summed E-state index contributed by atoms with van der Waals surface area (Å²) in [6, 6.07) is 5.59. The standard InChI is InChI=1S/C18H20N4O2/c1-18(2,3)22-16(20-15(21-22)14-8-5-9-24-14)12-10-11-6-4-7-13(11)19-17(12)23/h5,8-10H,4,6-7H2,1-3H3,(H,19,23). The monoisotopic (exact) mass is 324 g/mol. The van der Waals surface area contributed by atoms with Crippen LogP contribution in [-0.4, -0.2) is 19.7 Å². The number of aromatic amines is 1. The molecule has 0 bridgehead atoms. The van der Waals surface area contributed by atoms with Crippen molar-refractivity contribution in [2.75, 3.05) is 0 Å². The average molecular weight is 324 g/mol. The SMILES string of the molecule is CC(C)(C)n1nc(-c2ccco2)nc1-c1cc2c([nH]c1=O)CCC2. The van der Waals surface area contributed by atoms with E-state index in [1.165, 1.54) is 5.56 Å². The number of rotatable bonds is 2. The normalized spacial score (nSPS) is 14.1. The van der Waals surface area contributed by atoms with Gasteiger partial charge < -0.3 is 9.40 Å². The molecular formula is C18H20N4O2. The van der Waals surface area contributed by atoms with E-state index in [2.05, 4.69) is 15.1 Å². The average Bonchev–Trinajstić information content (AvgIpc) is 3.24. The Hall–Kier alpha value is -2.63. The van der Waals surface area contributed by atoms with Crippen molar-refractivity contribution < 1.29 is 4.42 Å². The van der Waals surface area contributed by atoms with Gasteiger partial charge in [-0.3, -0.25) is 4.79 Å². The van der Waals surface area contributed by atoms with Gasteiger partial charge in [-0.1, -0.05) is 0 Å². The number of hydrogen-bond acceptors (Lipinski definition) is 4. The number of nitrogens with one attached hydrogen (secondary N) is 1. The van der Waals surface area contributed by atoms with Crippen LogP contribution in [0.5, 0.6) is 0 Å². The van der Waals surface area contributed by atoms with E-state index in [9.17, 15) is 4.79 Å². The molecule has 3 aromatic rings. The Morgan fingerprint density at radius 2 is 2.12 bits per heavy atom. The van der Waals surface area contributed by atoms with Gasteiger partial charge >= 0.3 is 0 Å². The van der Waals surface area contributed by atoms with Crippen LogP contribution < -0.4 is 5.56 Å². The van der Waals surface area contributed by atoms with Crippen molar-refractivity contribution in [3.63, 3.8) is 0 Å². The second-order valence-electron chi connectivity index (χ2n) is 7.19. The number of nitrogens with zero attached hydrogens (tertiary/aromatic N) is 3. The molecule has 6 nitrogen and oxygen atoms in total. The Balaban J connectivity index is 1.93. The van der Waals surface area contributed by atoms with Gasteiger partial charge in [-0.2, -0.15) is 0 Å². The summed E-state index contributed by atoms with van der Waals surface area (Å²) < 4.78 is 7.22. The second kappa shape index (κ2) is 5.19. The van der Waals surface area contributed by atoms with E-state index in [1.54, 1.807) is 17.0 Å². The number of fused-ring (bicyclic) bond motifs is 1. The summed E-state index contributed by atoms with van der Waals surface area (Å²) in [7, 11) is 0. The molecular weight excluding hydrogens is 304 g/mol. The van der Waals surface area contributed by atoms with E-state index in [-0.39, 0.29) is 11.1 Å². The maximum absolute atomic E-state index is 12.6. The van der Waals surface area contributed by atoms with Crippen molar-refractivity contribution >= 4 is 0 Å². The molecule has 1 N–H and O–H groups in total. The highest BCUT2D eigenvalue weighted by atomic mass is 16.3. The molecule has 0 fully saturated rings. The van der Waals surface area contributed by atoms with Crippen molar-refractivity contribution in [2.24, 2.45) is 0 Å². The molecule has 0 radical (unpaired) electrons. The van der Waals surface area contributed by atoms with Crippen molar-refractivity contribution in [2.45, 2.75) is 45.6 Å². The van der Waals surface area contributed by atoms with E-state index < -0.39 is 0 Å². The Morgan fingerprint density at radius 3 is 2.83 bits per heavy atom. The van der Waals surface area contributed by atoms with Crippen molar-refractivity contribution in [1.82, 2.24) is 19.7 Å². The number of aromatic nitrogens is 4. The quantitative estimate of drug-likeness (QED) is 0.785. The molecule has 0 spiro atoms. The predicted octanol–water partition coefficient (Wildman–Crippen LogP) is 3.14. The van der Waals surface area contributed by atoms with Crippen molar-refractivity contribution in [3.05, 3.63) is 46.1 Å². The predicted molar refractivity (Wildman–Crippen MR) is 90.8 cm³/mol. The van der Waals surface area contributed by atoms with Crippen LogP contribution in [0.15, 0.2) is 33.7 Å². The molecule has 3 aromatic heterocycles. The molecule has 6 heteroatoms. The molecule has 0 aromatic carbocycles. The van der Waals surface area contributed by atoms with Gasteiger partial charge in [-0.15, -0.1) is 5.10 Å². The zero-order valence-electron chi connectivity index (χ0n) is 14.1. The van der Waals surface area contributed by atoms with Crippen LogP contribution in [0.1, 0.15) is 38.4 Å². The number of aryl methyl sites for hydroxylation is 2. The minimum atomic E-state index is -0.307. The van der Waals surface area contributed by atoms with Gasteiger partial charge in [0.05, 0.1) is 17.4 Å². The van der Waals surface area contributed by atoms with E-state index in [1.807, 2.05) is 32.9 Å². The van der Waals surface area contributed by atoms with Crippen LogP contribution >= 0.6 is 0 Å². The first kappa shape index (κ1) is 14.9. The van der Waals surface area contributed by atoms with Crippen molar-refractivity contribution in [1.29, 1.82) is 0 Å². The van der Waals surface area contributed by atoms with E-state index in [0.29, 0.717) is 23.0 Å². The smallest absolute Gasteiger partial charge is 0.259 e. The molecule has 0 atom stereocenters. The van der Waals surface area contributed by atoms with E-state index in [0.717, 1.165) is 25.0 Å². The van der Waals surface area contributed by atoms with Gasteiger partial charge in [0.2, 0.25) is 5.82 Å². The summed E-state index contributed by atoms with van der Waals surface area (Å²) >= 11 is 0. The van der Waals surface area contributed by atoms with Gasteiger partial charge in [0, 0.05) is 5.69 Å². The summed E-state index contributed by atoms with van der Waals surface area (Å²) in [5, 5.41) is 4.59. The maximum Gasteiger partial charge on any atom is 0.259 e. The molecule has 4 rings (SSSR count). The lowest BCUT2D eigenvalue weighted by Crippen LogP contribution is -2.26. The van der Waals surface area contributed by atoms with Gasteiger partial charge in [0.25, 0.3) is 5.56 Å². The van der Waals surface area contributed by atoms with Crippen LogP contribution in [0.25, 0.3) is 23.0 Å². The van der Waals surface area contributed by atoms with Gasteiger partial charge in [-0.05, 0) is 63.8 Å². The fourth-order valence-electron chi connectivity index (χ4n) is 3.14. The third-order valence-electron chi connectivity index (χ3n) is 4.31. The first-order valence-corrected chi connectivity index (χ1v) is 8.20. The Bertz CT molecular complexity index is 943. The van der Waals surface area contributed by atoms with Crippen LogP contribution in [-0.2, 0) is 18.4 Å². The minimum Gasteiger partial charge on any atom is -0.461 e. The van der Waals surface area contributed by atoms with E-state index in [4.69, 9.17) is 4.42 Å². The summed E-state index contributed by atoms with van der Waals surface area (Å²) in [6.45, 7) is 6.12. The highest BCUT2D eigenvalue weighted by molar-refractivity contribution is 5.60. The fourth-order valence-corrected chi connectivity index (χ4v) is 3.14. The summed E-state index contributed by atoms with van der Waals surface area (Å²) in [4.78, 5) is 20.2. The molecule has 3 heterocycles. The maximum atomic E-state index is 12.6. The first-order chi connectivity index (χ1) is 11.4. The fraction of sp³-hybridized carbons (Fsp3) is 0.389. The lowest BCUT2D eigenvalue weighted by Gasteiger charge is -2.21. The minimum absolute atomic E-state index is 0.112. The summed E-state index contributed by atoms with van der Waals surface area (Å²) in [6.07, 6.45) is 4.61.